The van der Waals surface area contributed by atoms with Gasteiger partial charge in [0.1, 0.15) is 12.4 Å². The van der Waals surface area contributed by atoms with Gasteiger partial charge < -0.3 is 9.64 Å². The highest BCUT2D eigenvalue weighted by Crippen LogP contribution is 2.27. The highest BCUT2D eigenvalue weighted by Gasteiger charge is 2.40. The normalized spacial score (nSPS) is 20.9. The molecule has 3 rings (SSSR count). The van der Waals surface area contributed by atoms with Gasteiger partial charge in [-0.15, -0.1) is 0 Å². The number of hydrogen-bond donors (Lipinski definition) is 0. The molecule has 0 radical (unpaired) electrons. The number of amides is 2. The molecule has 0 spiro atoms. The Labute approximate surface area is 178 Å². The van der Waals surface area contributed by atoms with Crippen LogP contribution in [0.15, 0.2) is 35.7 Å². The molecule has 1 atom stereocenters. The zero-order valence-electron chi connectivity index (χ0n) is 17.6. The van der Waals surface area contributed by atoms with Gasteiger partial charge in [-0.05, 0) is 36.8 Å². The Kier molecular flexibility index (Phi) is 7.18. The standard InChI is InChI=1S/C22H30N2O5S/c1-17(2)14-20-15-29-22(26)24(20)19-8-11-23(12-9-19)21(25)16-30(27,28)13-10-18-6-4-3-5-7-18/h3-7,10,13,17,19-20H,8-9,11-12,14-16H2,1-2H3/b13-10+/t20-/m0/s1. The van der Waals surface area contributed by atoms with E-state index >= 15 is 0 Å². The number of sulfone groups is 1. The quantitative estimate of drug-likeness (QED) is 0.659. The van der Waals surface area contributed by atoms with E-state index in [0.717, 1.165) is 17.4 Å². The minimum absolute atomic E-state index is 0.0300. The summed E-state index contributed by atoms with van der Waals surface area (Å²) in [5, 5.41) is 1.10. The third kappa shape index (κ3) is 5.84. The van der Waals surface area contributed by atoms with Crippen LogP contribution in [0.4, 0.5) is 4.79 Å². The molecule has 0 aliphatic carbocycles. The summed E-state index contributed by atoms with van der Waals surface area (Å²) in [6, 6.07) is 9.21. The molecule has 7 nitrogen and oxygen atoms in total. The van der Waals surface area contributed by atoms with Gasteiger partial charge in [-0.3, -0.25) is 9.69 Å². The number of piperidine rings is 1. The van der Waals surface area contributed by atoms with Gasteiger partial charge in [-0.25, -0.2) is 13.2 Å². The van der Waals surface area contributed by atoms with Crippen LogP contribution in [0.5, 0.6) is 0 Å². The van der Waals surface area contributed by atoms with Crippen LogP contribution in [0.3, 0.4) is 0 Å². The lowest BCUT2D eigenvalue weighted by Crippen LogP contribution is -2.50. The Morgan fingerprint density at radius 1 is 1.20 bits per heavy atom. The molecule has 2 amide bonds. The molecule has 0 aromatic heterocycles. The first-order valence-electron chi connectivity index (χ1n) is 10.4. The molecule has 0 bridgehead atoms. The Hall–Kier alpha value is -2.35. The van der Waals surface area contributed by atoms with Crippen LogP contribution in [0.25, 0.3) is 6.08 Å². The molecule has 0 saturated carbocycles. The molecule has 8 heteroatoms. The van der Waals surface area contributed by atoms with Crippen molar-refractivity contribution in [2.75, 3.05) is 25.4 Å². The van der Waals surface area contributed by atoms with Crippen molar-refractivity contribution >= 4 is 27.9 Å². The zero-order valence-corrected chi connectivity index (χ0v) is 18.4. The number of nitrogens with zero attached hydrogens (tertiary/aromatic N) is 2. The number of likely N-dealkylation sites (tertiary alicyclic amines) is 1. The molecular formula is C22H30N2O5S. The molecule has 2 fully saturated rings. The van der Waals surface area contributed by atoms with Crippen molar-refractivity contribution < 1.29 is 22.7 Å². The van der Waals surface area contributed by atoms with Gasteiger partial charge in [0.25, 0.3) is 0 Å². The van der Waals surface area contributed by atoms with E-state index in [0.29, 0.717) is 38.5 Å². The summed E-state index contributed by atoms with van der Waals surface area (Å²) in [6.45, 7) is 5.55. The highest BCUT2D eigenvalue weighted by atomic mass is 32.2. The maximum absolute atomic E-state index is 12.5. The van der Waals surface area contributed by atoms with Crippen LogP contribution in [-0.2, 0) is 19.4 Å². The lowest BCUT2D eigenvalue weighted by atomic mass is 9.98. The predicted octanol–water partition coefficient (Wildman–Crippen LogP) is 2.93. The summed E-state index contributed by atoms with van der Waals surface area (Å²) in [6.07, 6.45) is 3.38. The summed E-state index contributed by atoms with van der Waals surface area (Å²) in [4.78, 5) is 28.1. The van der Waals surface area contributed by atoms with Crippen LogP contribution >= 0.6 is 0 Å². The topological polar surface area (TPSA) is 84.0 Å². The fourth-order valence-electron chi connectivity index (χ4n) is 4.10. The number of benzene rings is 1. The molecule has 0 unspecified atom stereocenters. The lowest BCUT2D eigenvalue weighted by Gasteiger charge is -2.38. The average Bonchev–Trinajstić information content (AvgIpc) is 3.06. The summed E-state index contributed by atoms with van der Waals surface area (Å²) in [7, 11) is -3.64. The largest absolute Gasteiger partial charge is 0.447 e. The molecule has 2 saturated heterocycles. The minimum atomic E-state index is -3.64. The third-order valence-corrected chi connectivity index (χ3v) is 6.75. The van der Waals surface area contributed by atoms with E-state index in [1.54, 1.807) is 17.0 Å². The van der Waals surface area contributed by atoms with Crippen LogP contribution in [0.2, 0.25) is 0 Å². The molecular weight excluding hydrogens is 404 g/mol. The van der Waals surface area contributed by atoms with E-state index in [1.165, 1.54) is 6.08 Å². The maximum Gasteiger partial charge on any atom is 0.410 e. The summed E-state index contributed by atoms with van der Waals surface area (Å²) >= 11 is 0. The first-order chi connectivity index (χ1) is 14.2. The van der Waals surface area contributed by atoms with Gasteiger partial charge in [0.2, 0.25) is 5.91 Å². The SMILES string of the molecule is CC(C)C[C@H]1COC(=O)N1C1CCN(C(=O)CS(=O)(=O)/C=C/c2ccccc2)CC1. The minimum Gasteiger partial charge on any atom is -0.447 e. The molecule has 0 N–H and O–H groups in total. The second-order valence-corrected chi connectivity index (χ2v) is 10.3. The number of hydrogen-bond acceptors (Lipinski definition) is 5. The van der Waals surface area contributed by atoms with Crippen LogP contribution in [-0.4, -0.2) is 67.8 Å². The van der Waals surface area contributed by atoms with E-state index < -0.39 is 21.5 Å². The van der Waals surface area contributed by atoms with Gasteiger partial charge in [0.05, 0.1) is 6.04 Å². The van der Waals surface area contributed by atoms with Crippen LogP contribution < -0.4 is 0 Å². The van der Waals surface area contributed by atoms with E-state index in [9.17, 15) is 18.0 Å². The Bertz CT molecular complexity index is 874. The van der Waals surface area contributed by atoms with Crippen molar-refractivity contribution in [1.82, 2.24) is 9.80 Å². The molecule has 2 heterocycles. The first-order valence-corrected chi connectivity index (χ1v) is 12.2. The maximum atomic E-state index is 12.5. The number of cyclic esters (lactones) is 1. The van der Waals surface area contributed by atoms with Gasteiger partial charge in [0.15, 0.2) is 9.84 Å². The molecule has 1 aromatic carbocycles. The summed E-state index contributed by atoms with van der Waals surface area (Å²) < 4.78 is 29.9. The number of carbonyl (C=O) groups is 2. The van der Waals surface area contributed by atoms with E-state index in [1.807, 2.05) is 23.1 Å². The van der Waals surface area contributed by atoms with E-state index in [4.69, 9.17) is 4.74 Å². The second-order valence-electron chi connectivity index (χ2n) is 8.40. The average molecular weight is 435 g/mol. The van der Waals surface area contributed by atoms with Crippen LogP contribution in [0, 0.1) is 5.92 Å². The fraction of sp³-hybridized carbons (Fsp3) is 0.545. The van der Waals surface area contributed by atoms with Gasteiger partial charge in [0, 0.05) is 24.5 Å². The van der Waals surface area contributed by atoms with E-state index in [-0.39, 0.29) is 18.2 Å². The first kappa shape index (κ1) is 22.3. The van der Waals surface area contributed by atoms with Crippen molar-refractivity contribution in [2.24, 2.45) is 5.92 Å². The molecule has 2 aliphatic rings. The van der Waals surface area contributed by atoms with E-state index in [2.05, 4.69) is 13.8 Å². The van der Waals surface area contributed by atoms with Crippen molar-refractivity contribution in [3.63, 3.8) is 0 Å². The lowest BCUT2D eigenvalue weighted by molar-refractivity contribution is -0.129. The Balaban J connectivity index is 1.53. The summed E-state index contributed by atoms with van der Waals surface area (Å²) in [5.41, 5.74) is 0.766. The van der Waals surface area contributed by atoms with Crippen molar-refractivity contribution in [3.8, 4) is 0 Å². The van der Waals surface area contributed by atoms with Crippen LogP contribution in [0.1, 0.15) is 38.7 Å². The number of rotatable bonds is 7. The van der Waals surface area contributed by atoms with Crippen molar-refractivity contribution in [3.05, 3.63) is 41.3 Å². The third-order valence-electron chi connectivity index (χ3n) is 5.55. The van der Waals surface area contributed by atoms with Crippen molar-refractivity contribution in [1.29, 1.82) is 0 Å². The molecule has 1 aromatic rings. The predicted molar refractivity (Wildman–Crippen MR) is 115 cm³/mol. The van der Waals surface area contributed by atoms with Gasteiger partial charge >= 0.3 is 6.09 Å². The molecule has 30 heavy (non-hydrogen) atoms. The Morgan fingerprint density at radius 3 is 2.50 bits per heavy atom. The highest BCUT2D eigenvalue weighted by molar-refractivity contribution is 7.95. The summed E-state index contributed by atoms with van der Waals surface area (Å²) in [5.74, 6) is -0.473. The number of carbonyl (C=O) groups excluding carboxylic acids is 2. The van der Waals surface area contributed by atoms with Crippen molar-refractivity contribution in [2.45, 2.75) is 45.2 Å². The zero-order chi connectivity index (χ0) is 21.7. The Morgan fingerprint density at radius 2 is 1.87 bits per heavy atom. The number of ether oxygens (including phenoxy) is 1. The van der Waals surface area contributed by atoms with Gasteiger partial charge in [-0.2, -0.15) is 0 Å². The fourth-order valence-corrected chi connectivity index (χ4v) is 5.08. The smallest absolute Gasteiger partial charge is 0.410 e. The van der Waals surface area contributed by atoms with Gasteiger partial charge in [-0.1, -0.05) is 44.2 Å². The molecule has 164 valence electrons. The monoisotopic (exact) mass is 434 g/mol. The second kappa shape index (κ2) is 9.64. The molecule has 2 aliphatic heterocycles.